The van der Waals surface area contributed by atoms with E-state index in [1.807, 2.05) is 31.3 Å². The van der Waals surface area contributed by atoms with E-state index in [0.717, 1.165) is 15.9 Å². The average Bonchev–Trinajstić information content (AvgIpc) is 3.28. The number of hydrogen-bond donors (Lipinski definition) is 2. The topological polar surface area (TPSA) is 118 Å². The first-order chi connectivity index (χ1) is 12.6. The van der Waals surface area contributed by atoms with Crippen LogP contribution in [-0.2, 0) is 25.0 Å². The van der Waals surface area contributed by atoms with Crippen molar-refractivity contribution >= 4 is 39.5 Å². The van der Waals surface area contributed by atoms with Crippen molar-refractivity contribution in [1.82, 2.24) is 24.7 Å². The van der Waals surface area contributed by atoms with Crippen molar-refractivity contribution in [3.8, 4) is 11.5 Å². The number of aromatic nitrogens is 5. The van der Waals surface area contributed by atoms with E-state index in [2.05, 4.69) is 25.4 Å². The summed E-state index contributed by atoms with van der Waals surface area (Å²) in [7, 11) is 1.84. The van der Waals surface area contributed by atoms with Crippen molar-refractivity contribution in [3.63, 3.8) is 0 Å². The zero-order chi connectivity index (χ0) is 18.1. The van der Waals surface area contributed by atoms with E-state index >= 15 is 0 Å². The predicted molar refractivity (Wildman–Crippen MR) is 102 cm³/mol. The van der Waals surface area contributed by atoms with Crippen molar-refractivity contribution in [2.45, 2.75) is 10.8 Å². The lowest BCUT2D eigenvalue weighted by atomic mass is 10.3. The minimum atomic E-state index is -1.46. The van der Waals surface area contributed by atoms with Gasteiger partial charge in [0.15, 0.2) is 11.5 Å². The summed E-state index contributed by atoms with van der Waals surface area (Å²) in [6.07, 6.45) is 3.44. The van der Waals surface area contributed by atoms with Crippen LogP contribution in [0.15, 0.2) is 46.9 Å². The number of nitrogens with one attached hydrogen (secondary N) is 1. The molecule has 132 valence electrons. The van der Waals surface area contributed by atoms with Gasteiger partial charge in [-0.05, 0) is 18.2 Å². The zero-order valence-electron chi connectivity index (χ0n) is 13.8. The third-order valence-electron chi connectivity index (χ3n) is 3.75. The quantitative estimate of drug-likeness (QED) is 0.505. The highest BCUT2D eigenvalue weighted by Crippen LogP contribution is 2.25. The second kappa shape index (κ2) is 7.00. The molecular weight excluding hydrogens is 370 g/mol. The minimum absolute atomic E-state index is 0.527. The van der Waals surface area contributed by atoms with Crippen LogP contribution >= 0.6 is 11.3 Å². The lowest BCUT2D eigenvalue weighted by molar-refractivity contribution is 0.598. The smallest absolute Gasteiger partial charge is 0.227 e. The molecule has 0 bridgehead atoms. The summed E-state index contributed by atoms with van der Waals surface area (Å²) in [6.45, 7) is 0.532. The first-order valence-electron chi connectivity index (χ1n) is 7.72. The van der Waals surface area contributed by atoms with Gasteiger partial charge < -0.3 is 9.87 Å². The first-order valence-corrected chi connectivity index (χ1v) is 9.74. The molecule has 4 rings (SSSR count). The molecule has 0 spiro atoms. The standard InChI is InChI=1S/C16H15N7OS2/c1-23-16-11(9-20-23)14(19-8-10-5-6-13(25-10)26(17)24)21-15(22-16)12-4-2-3-7-18-12/h2-7,9H,8,17H2,1H3,(H,19,21,22). The third-order valence-corrected chi connectivity index (χ3v) is 5.91. The molecule has 26 heavy (non-hydrogen) atoms. The van der Waals surface area contributed by atoms with Gasteiger partial charge in [-0.3, -0.25) is 9.67 Å². The largest absolute Gasteiger partial charge is 0.592 e. The van der Waals surface area contributed by atoms with Crippen LogP contribution < -0.4 is 10.5 Å². The highest BCUT2D eigenvalue weighted by atomic mass is 32.2. The SMILES string of the molecule is Cn1ncc2c(NCc3ccc([S+](N)[O-])s3)nc(-c3ccccn3)nc21. The van der Waals surface area contributed by atoms with Gasteiger partial charge in [0, 0.05) is 24.2 Å². The molecule has 0 aliphatic heterocycles. The molecule has 0 saturated heterocycles. The maximum atomic E-state index is 11.4. The number of pyridine rings is 1. The third kappa shape index (κ3) is 3.27. The number of nitrogens with two attached hydrogens (primary N) is 1. The number of fused-ring (bicyclic) bond motifs is 1. The van der Waals surface area contributed by atoms with E-state index in [-0.39, 0.29) is 0 Å². The van der Waals surface area contributed by atoms with Crippen LogP contribution in [0.5, 0.6) is 0 Å². The molecule has 0 amide bonds. The number of aryl methyl sites for hydroxylation is 1. The van der Waals surface area contributed by atoms with Crippen molar-refractivity contribution in [1.29, 1.82) is 0 Å². The first kappa shape index (κ1) is 16.9. The van der Waals surface area contributed by atoms with Crippen LogP contribution in [0.3, 0.4) is 0 Å². The summed E-state index contributed by atoms with van der Waals surface area (Å²) in [5, 5.41) is 13.8. The molecule has 4 aromatic rings. The van der Waals surface area contributed by atoms with Gasteiger partial charge in [-0.2, -0.15) is 5.10 Å². The van der Waals surface area contributed by atoms with Gasteiger partial charge in [0.2, 0.25) is 4.21 Å². The fourth-order valence-electron chi connectivity index (χ4n) is 2.50. The molecule has 0 saturated carbocycles. The van der Waals surface area contributed by atoms with E-state index in [4.69, 9.17) is 5.14 Å². The molecule has 0 fully saturated rings. The summed E-state index contributed by atoms with van der Waals surface area (Å²) >= 11 is -0.0530. The molecule has 0 radical (unpaired) electrons. The minimum Gasteiger partial charge on any atom is -0.592 e. The molecule has 1 atom stereocenters. The van der Waals surface area contributed by atoms with Crippen molar-refractivity contribution < 1.29 is 4.55 Å². The second-order valence-electron chi connectivity index (χ2n) is 5.49. The number of hydrogen-bond acceptors (Lipinski definition) is 8. The number of anilines is 1. The van der Waals surface area contributed by atoms with Gasteiger partial charge in [0.05, 0.1) is 29.5 Å². The van der Waals surface area contributed by atoms with E-state index in [0.29, 0.717) is 28.1 Å². The average molecular weight is 385 g/mol. The predicted octanol–water partition coefficient (Wildman–Crippen LogP) is 2.08. The van der Waals surface area contributed by atoms with E-state index < -0.39 is 11.4 Å². The Balaban J connectivity index is 1.69. The Morgan fingerprint density at radius 2 is 2.15 bits per heavy atom. The Labute approximate surface area is 156 Å². The zero-order valence-corrected chi connectivity index (χ0v) is 15.4. The van der Waals surface area contributed by atoms with Gasteiger partial charge >= 0.3 is 0 Å². The summed E-state index contributed by atoms with van der Waals surface area (Å²) in [5.74, 6) is 1.20. The molecule has 0 aliphatic carbocycles. The van der Waals surface area contributed by atoms with Crippen LogP contribution in [0.25, 0.3) is 22.6 Å². The Morgan fingerprint density at radius 3 is 2.88 bits per heavy atom. The van der Waals surface area contributed by atoms with Gasteiger partial charge in [-0.15, -0.1) is 5.14 Å². The van der Waals surface area contributed by atoms with Crippen LogP contribution in [0, 0.1) is 0 Å². The lowest BCUT2D eigenvalue weighted by Crippen LogP contribution is -2.09. The van der Waals surface area contributed by atoms with Gasteiger partial charge in [0.1, 0.15) is 11.5 Å². The number of rotatable bonds is 5. The van der Waals surface area contributed by atoms with E-state index in [1.165, 1.54) is 11.3 Å². The molecule has 4 heterocycles. The molecule has 1 unspecified atom stereocenters. The van der Waals surface area contributed by atoms with Crippen LogP contribution in [0.2, 0.25) is 0 Å². The van der Waals surface area contributed by atoms with Crippen LogP contribution in [0.4, 0.5) is 5.82 Å². The fourth-order valence-corrected chi connectivity index (χ4v) is 4.03. The summed E-state index contributed by atoms with van der Waals surface area (Å²) < 4.78 is 13.7. The van der Waals surface area contributed by atoms with E-state index in [1.54, 1.807) is 23.1 Å². The van der Waals surface area contributed by atoms with E-state index in [9.17, 15) is 4.55 Å². The maximum Gasteiger partial charge on any atom is 0.227 e. The molecule has 3 N–H and O–H groups in total. The molecule has 4 aromatic heterocycles. The number of nitrogens with zero attached hydrogens (tertiary/aromatic N) is 5. The Morgan fingerprint density at radius 1 is 1.27 bits per heavy atom. The number of thiophene rings is 1. The van der Waals surface area contributed by atoms with Crippen molar-refractivity contribution in [2.75, 3.05) is 5.32 Å². The highest BCUT2D eigenvalue weighted by Gasteiger charge is 2.14. The van der Waals surface area contributed by atoms with Crippen LogP contribution in [-0.4, -0.2) is 29.3 Å². The Bertz CT molecular complexity index is 1050. The van der Waals surface area contributed by atoms with Crippen LogP contribution in [0.1, 0.15) is 4.88 Å². The molecular formula is C16H15N7OS2. The summed E-state index contributed by atoms with van der Waals surface area (Å²) in [6, 6.07) is 9.28. The van der Waals surface area contributed by atoms with Crippen molar-refractivity contribution in [3.05, 3.63) is 47.6 Å². The maximum absolute atomic E-state index is 11.4. The summed E-state index contributed by atoms with van der Waals surface area (Å²) in [5.41, 5.74) is 1.41. The highest BCUT2D eigenvalue weighted by molar-refractivity contribution is 7.91. The molecule has 10 heteroatoms. The van der Waals surface area contributed by atoms with Gasteiger partial charge in [0.25, 0.3) is 0 Å². The molecule has 8 nitrogen and oxygen atoms in total. The van der Waals surface area contributed by atoms with Gasteiger partial charge in [-0.25, -0.2) is 9.97 Å². The molecule has 0 aromatic carbocycles. The monoisotopic (exact) mass is 385 g/mol. The summed E-state index contributed by atoms with van der Waals surface area (Å²) in [4.78, 5) is 14.5. The normalized spacial score (nSPS) is 12.4. The lowest BCUT2D eigenvalue weighted by Gasteiger charge is -2.08. The molecule has 0 aliphatic rings. The van der Waals surface area contributed by atoms with Crippen molar-refractivity contribution in [2.24, 2.45) is 12.2 Å². The fraction of sp³-hybridized carbons (Fsp3) is 0.125. The Kier molecular flexibility index (Phi) is 4.55. The Hall–Kier alpha value is -2.53. The van der Waals surface area contributed by atoms with Gasteiger partial charge in [-0.1, -0.05) is 17.4 Å². The second-order valence-corrected chi connectivity index (χ2v) is 7.95.